The highest BCUT2D eigenvalue weighted by Crippen LogP contribution is 2.40. The maximum absolute atomic E-state index is 12.8. The summed E-state index contributed by atoms with van der Waals surface area (Å²) in [6, 6.07) is 10.3. The van der Waals surface area contributed by atoms with E-state index >= 15 is 0 Å². The number of nitrogens with zero attached hydrogens (tertiary/aromatic N) is 1. The molecule has 4 nitrogen and oxygen atoms in total. The Morgan fingerprint density at radius 2 is 1.56 bits per heavy atom. The lowest BCUT2D eigenvalue weighted by atomic mass is 9.73. The van der Waals surface area contributed by atoms with Gasteiger partial charge in [-0.2, -0.15) is 0 Å². The van der Waals surface area contributed by atoms with Gasteiger partial charge in [0.05, 0.1) is 5.41 Å². The van der Waals surface area contributed by atoms with E-state index < -0.39 is 0 Å². The summed E-state index contributed by atoms with van der Waals surface area (Å²) in [6.07, 6.45) is 3.07. The minimum atomic E-state index is -0.299. The van der Waals surface area contributed by atoms with E-state index in [1.54, 1.807) is 4.90 Å². The quantitative estimate of drug-likeness (QED) is 0.413. The number of benzene rings is 1. The fourth-order valence-corrected chi connectivity index (χ4v) is 4.42. The molecular formula is C28H41NO3. The standard InChI is InChI=1S/C28H41NO3/c1-9-28(10-2,25-18-16-23(32-25)26(31)29(11-3)12-4)22-15-13-21(20(5)19-22)14-17-24(30)27(6,7)8/h13,15-16,18-19H,9-12,14,17H2,1-8H3. The van der Waals surface area contributed by atoms with Crippen LogP contribution in [0, 0.1) is 12.3 Å². The number of Topliss-reactive ketones (excluding diaryl/α,β-unsaturated/α-hetero) is 1. The Morgan fingerprint density at radius 1 is 0.938 bits per heavy atom. The van der Waals surface area contributed by atoms with Crippen molar-refractivity contribution in [2.24, 2.45) is 5.41 Å². The summed E-state index contributed by atoms with van der Waals surface area (Å²) in [7, 11) is 0. The van der Waals surface area contributed by atoms with Gasteiger partial charge in [-0.1, -0.05) is 52.8 Å². The topological polar surface area (TPSA) is 50.5 Å². The molecule has 0 unspecified atom stereocenters. The van der Waals surface area contributed by atoms with E-state index in [1.165, 1.54) is 16.7 Å². The fraction of sp³-hybridized carbons (Fsp3) is 0.571. The highest BCUT2D eigenvalue weighted by Gasteiger charge is 2.35. The molecule has 0 saturated carbocycles. The van der Waals surface area contributed by atoms with Gasteiger partial charge in [0.25, 0.3) is 5.91 Å². The third-order valence-corrected chi connectivity index (χ3v) is 6.90. The molecule has 0 radical (unpaired) electrons. The molecule has 176 valence electrons. The van der Waals surface area contributed by atoms with Crippen LogP contribution >= 0.6 is 0 Å². The van der Waals surface area contributed by atoms with E-state index in [0.29, 0.717) is 31.1 Å². The lowest BCUT2D eigenvalue weighted by Gasteiger charge is -2.31. The van der Waals surface area contributed by atoms with Crippen LogP contribution in [0.25, 0.3) is 0 Å². The Kier molecular flexibility index (Phi) is 8.50. The third kappa shape index (κ3) is 5.33. The highest BCUT2D eigenvalue weighted by molar-refractivity contribution is 5.91. The van der Waals surface area contributed by atoms with Gasteiger partial charge in [0, 0.05) is 24.9 Å². The van der Waals surface area contributed by atoms with Crippen molar-refractivity contribution in [3.8, 4) is 0 Å². The maximum Gasteiger partial charge on any atom is 0.289 e. The fourth-order valence-electron chi connectivity index (χ4n) is 4.42. The molecule has 0 saturated heterocycles. The minimum absolute atomic E-state index is 0.0580. The summed E-state index contributed by atoms with van der Waals surface area (Å²) >= 11 is 0. The maximum atomic E-state index is 12.8. The van der Waals surface area contributed by atoms with Gasteiger partial charge in [-0.3, -0.25) is 9.59 Å². The van der Waals surface area contributed by atoms with Crippen molar-refractivity contribution in [3.63, 3.8) is 0 Å². The Morgan fingerprint density at radius 3 is 2.06 bits per heavy atom. The van der Waals surface area contributed by atoms with E-state index in [1.807, 2.05) is 46.8 Å². The third-order valence-electron chi connectivity index (χ3n) is 6.90. The van der Waals surface area contributed by atoms with E-state index in [2.05, 4.69) is 39.0 Å². The molecule has 32 heavy (non-hydrogen) atoms. The summed E-state index contributed by atoms with van der Waals surface area (Å²) in [5.74, 6) is 1.48. The number of aryl methyl sites for hydroxylation is 2. The van der Waals surface area contributed by atoms with Crippen molar-refractivity contribution in [2.45, 2.75) is 86.5 Å². The van der Waals surface area contributed by atoms with Crippen LogP contribution in [0.4, 0.5) is 0 Å². The molecule has 4 heteroatoms. The Balaban J connectivity index is 2.35. The number of ketones is 1. The molecule has 1 amide bonds. The van der Waals surface area contributed by atoms with Gasteiger partial charge in [0.2, 0.25) is 0 Å². The number of amides is 1. The number of hydrogen-bond donors (Lipinski definition) is 0. The van der Waals surface area contributed by atoms with Crippen LogP contribution in [0.3, 0.4) is 0 Å². The van der Waals surface area contributed by atoms with Gasteiger partial charge in [-0.25, -0.2) is 0 Å². The van der Waals surface area contributed by atoms with E-state index in [0.717, 1.165) is 25.0 Å². The zero-order valence-electron chi connectivity index (χ0n) is 21.3. The molecule has 0 aliphatic rings. The predicted molar refractivity (Wildman–Crippen MR) is 131 cm³/mol. The molecule has 0 atom stereocenters. The van der Waals surface area contributed by atoms with Gasteiger partial charge < -0.3 is 9.32 Å². The summed E-state index contributed by atoms with van der Waals surface area (Å²) in [5, 5.41) is 0. The molecule has 0 spiro atoms. The first-order chi connectivity index (χ1) is 15.0. The molecule has 1 aromatic carbocycles. The lowest BCUT2D eigenvalue weighted by Crippen LogP contribution is -2.30. The highest BCUT2D eigenvalue weighted by atomic mass is 16.4. The largest absolute Gasteiger partial charge is 0.455 e. The average molecular weight is 440 g/mol. The monoisotopic (exact) mass is 439 g/mol. The number of carbonyl (C=O) groups excluding carboxylic acids is 2. The normalized spacial score (nSPS) is 12.1. The molecular weight excluding hydrogens is 398 g/mol. The second-order valence-corrected chi connectivity index (χ2v) is 9.74. The lowest BCUT2D eigenvalue weighted by molar-refractivity contribution is -0.126. The number of rotatable bonds is 10. The van der Waals surface area contributed by atoms with Crippen molar-refractivity contribution in [1.29, 1.82) is 0 Å². The smallest absolute Gasteiger partial charge is 0.289 e. The molecule has 1 heterocycles. The minimum Gasteiger partial charge on any atom is -0.455 e. The van der Waals surface area contributed by atoms with Crippen LogP contribution < -0.4 is 0 Å². The molecule has 2 aromatic rings. The number of furan rings is 1. The average Bonchev–Trinajstić information content (AvgIpc) is 3.25. The number of hydrogen-bond acceptors (Lipinski definition) is 3. The first-order valence-electron chi connectivity index (χ1n) is 12.1. The summed E-state index contributed by atoms with van der Waals surface area (Å²) in [5.41, 5.74) is 3.02. The van der Waals surface area contributed by atoms with Crippen molar-refractivity contribution < 1.29 is 14.0 Å². The van der Waals surface area contributed by atoms with Crippen LogP contribution in [-0.4, -0.2) is 29.7 Å². The summed E-state index contributed by atoms with van der Waals surface area (Å²) in [6.45, 7) is 17.7. The predicted octanol–water partition coefficient (Wildman–Crippen LogP) is 6.72. The second-order valence-electron chi connectivity index (χ2n) is 9.74. The van der Waals surface area contributed by atoms with E-state index in [-0.39, 0.29) is 16.7 Å². The summed E-state index contributed by atoms with van der Waals surface area (Å²) < 4.78 is 6.18. The first-order valence-corrected chi connectivity index (χ1v) is 12.1. The van der Waals surface area contributed by atoms with Gasteiger partial charge in [-0.15, -0.1) is 0 Å². The van der Waals surface area contributed by atoms with Crippen LogP contribution in [0.1, 0.15) is 101 Å². The molecule has 2 rings (SSSR count). The van der Waals surface area contributed by atoms with Crippen molar-refractivity contribution in [1.82, 2.24) is 4.90 Å². The molecule has 0 aliphatic heterocycles. The van der Waals surface area contributed by atoms with Gasteiger partial charge in [0.1, 0.15) is 11.5 Å². The van der Waals surface area contributed by atoms with Crippen LogP contribution in [-0.2, 0) is 16.6 Å². The molecule has 1 aromatic heterocycles. The van der Waals surface area contributed by atoms with E-state index in [9.17, 15) is 9.59 Å². The molecule has 0 aliphatic carbocycles. The Hall–Kier alpha value is -2.36. The Bertz CT molecular complexity index is 924. The zero-order chi connectivity index (χ0) is 24.1. The second kappa shape index (κ2) is 10.5. The van der Waals surface area contributed by atoms with Gasteiger partial charge >= 0.3 is 0 Å². The molecule has 0 bridgehead atoms. The van der Waals surface area contributed by atoms with Gasteiger partial charge in [-0.05, 0) is 68.9 Å². The van der Waals surface area contributed by atoms with Crippen LogP contribution in [0.15, 0.2) is 34.7 Å². The molecule has 0 fully saturated rings. The SMILES string of the molecule is CCN(CC)C(=O)c1ccc(C(CC)(CC)c2ccc(CCC(=O)C(C)(C)C)c(C)c2)o1. The summed E-state index contributed by atoms with van der Waals surface area (Å²) in [4.78, 5) is 26.9. The van der Waals surface area contributed by atoms with Crippen molar-refractivity contribution in [2.75, 3.05) is 13.1 Å². The number of carbonyl (C=O) groups is 2. The Labute approximate surface area is 194 Å². The van der Waals surface area contributed by atoms with Crippen molar-refractivity contribution in [3.05, 3.63) is 58.5 Å². The molecule has 0 N–H and O–H groups in total. The first kappa shape index (κ1) is 25.9. The van der Waals surface area contributed by atoms with Crippen molar-refractivity contribution >= 4 is 11.7 Å². The van der Waals surface area contributed by atoms with Crippen LogP contribution in [0.5, 0.6) is 0 Å². The van der Waals surface area contributed by atoms with Gasteiger partial charge in [0.15, 0.2) is 5.76 Å². The van der Waals surface area contributed by atoms with E-state index in [4.69, 9.17) is 4.42 Å². The zero-order valence-corrected chi connectivity index (χ0v) is 21.3. The van der Waals surface area contributed by atoms with Crippen LogP contribution in [0.2, 0.25) is 0 Å².